The van der Waals surface area contributed by atoms with E-state index in [4.69, 9.17) is 5.73 Å². The van der Waals surface area contributed by atoms with Gasteiger partial charge in [-0.05, 0) is 37.0 Å². The van der Waals surface area contributed by atoms with Crippen LogP contribution in [0.5, 0.6) is 0 Å². The van der Waals surface area contributed by atoms with E-state index in [-0.39, 0.29) is 6.04 Å². The Labute approximate surface area is 88.5 Å². The predicted octanol–water partition coefficient (Wildman–Crippen LogP) is 3.48. The minimum Gasteiger partial charge on any atom is -0.324 e. The number of hydrogen-bond acceptors (Lipinski definition) is 1. The summed E-state index contributed by atoms with van der Waals surface area (Å²) in [6.07, 6.45) is 0.987. The van der Waals surface area contributed by atoms with E-state index in [9.17, 15) is 0 Å². The molecule has 0 bridgehead atoms. The maximum atomic E-state index is 5.97. The molecule has 0 aromatic heterocycles. The quantitative estimate of drug-likeness (QED) is 0.844. The molecule has 13 heavy (non-hydrogen) atoms. The van der Waals surface area contributed by atoms with E-state index in [1.165, 1.54) is 21.2 Å². The summed E-state index contributed by atoms with van der Waals surface area (Å²) in [6.45, 7) is 6.31. The second-order valence-corrected chi connectivity index (χ2v) is 4.28. The molecule has 0 amide bonds. The van der Waals surface area contributed by atoms with Crippen LogP contribution in [0, 0.1) is 13.8 Å². The summed E-state index contributed by atoms with van der Waals surface area (Å²) in [6, 6.07) is 4.49. The summed E-state index contributed by atoms with van der Waals surface area (Å²) >= 11 is 3.54. The Bertz CT molecular complexity index is 284. The van der Waals surface area contributed by atoms with Crippen molar-refractivity contribution in [1.29, 1.82) is 0 Å². The van der Waals surface area contributed by atoms with Crippen LogP contribution in [0.3, 0.4) is 0 Å². The van der Waals surface area contributed by atoms with E-state index in [2.05, 4.69) is 48.8 Å². The van der Waals surface area contributed by atoms with Crippen LogP contribution in [0.1, 0.15) is 36.1 Å². The van der Waals surface area contributed by atoms with E-state index in [1.807, 2.05) is 0 Å². The van der Waals surface area contributed by atoms with E-state index < -0.39 is 0 Å². The van der Waals surface area contributed by atoms with Crippen LogP contribution < -0.4 is 5.73 Å². The molecule has 2 N–H and O–H groups in total. The van der Waals surface area contributed by atoms with E-state index >= 15 is 0 Å². The molecule has 72 valence electrons. The number of nitrogens with two attached hydrogens (primary N) is 1. The van der Waals surface area contributed by atoms with E-state index in [0.717, 1.165) is 6.42 Å². The highest BCUT2D eigenvalue weighted by Crippen LogP contribution is 2.25. The summed E-state index contributed by atoms with van der Waals surface area (Å²) in [5, 5.41) is 0. The third-order valence-electron chi connectivity index (χ3n) is 2.33. The summed E-state index contributed by atoms with van der Waals surface area (Å²) in [5.74, 6) is 0. The molecule has 0 aliphatic rings. The molecule has 1 aromatic rings. The van der Waals surface area contributed by atoms with Gasteiger partial charge in [-0.15, -0.1) is 0 Å². The zero-order chi connectivity index (χ0) is 10.0. The molecule has 1 rings (SSSR count). The second-order valence-electron chi connectivity index (χ2n) is 3.48. The van der Waals surface area contributed by atoms with Gasteiger partial charge in [-0.2, -0.15) is 0 Å². The van der Waals surface area contributed by atoms with Gasteiger partial charge in [-0.3, -0.25) is 0 Å². The number of aryl methyl sites for hydroxylation is 2. The highest BCUT2D eigenvalue weighted by Gasteiger charge is 2.07. The molecule has 0 saturated heterocycles. The molecule has 1 atom stereocenters. The van der Waals surface area contributed by atoms with Crippen molar-refractivity contribution in [3.8, 4) is 0 Å². The van der Waals surface area contributed by atoms with Gasteiger partial charge in [0.05, 0.1) is 0 Å². The van der Waals surface area contributed by atoms with Crippen molar-refractivity contribution in [2.24, 2.45) is 5.73 Å². The molecule has 0 aliphatic heterocycles. The molecule has 0 radical (unpaired) electrons. The van der Waals surface area contributed by atoms with Crippen LogP contribution in [0.2, 0.25) is 0 Å². The fourth-order valence-corrected chi connectivity index (χ4v) is 1.66. The lowest BCUT2D eigenvalue weighted by atomic mass is 10.0. The maximum Gasteiger partial charge on any atom is 0.0292 e. The average molecular weight is 242 g/mol. The summed E-state index contributed by atoms with van der Waals surface area (Å²) in [4.78, 5) is 0. The van der Waals surface area contributed by atoms with Gasteiger partial charge in [0.25, 0.3) is 0 Å². The minimum atomic E-state index is 0.172. The molecule has 0 saturated carbocycles. The SMILES string of the molecule is CC[C@H](N)c1cc(C)c(Br)c(C)c1. The number of halogens is 1. The van der Waals surface area contributed by atoms with Crippen molar-refractivity contribution < 1.29 is 0 Å². The van der Waals surface area contributed by atoms with Gasteiger partial charge in [0.2, 0.25) is 0 Å². The van der Waals surface area contributed by atoms with E-state index in [0.29, 0.717) is 0 Å². The van der Waals surface area contributed by atoms with Gasteiger partial charge in [-0.25, -0.2) is 0 Å². The van der Waals surface area contributed by atoms with Crippen LogP contribution in [0.25, 0.3) is 0 Å². The molecule has 0 spiro atoms. The Morgan fingerprint density at radius 3 is 2.15 bits per heavy atom. The molecule has 1 aromatic carbocycles. The zero-order valence-corrected chi connectivity index (χ0v) is 9.98. The molecule has 0 unspecified atom stereocenters. The van der Waals surface area contributed by atoms with Crippen molar-refractivity contribution in [3.63, 3.8) is 0 Å². The Balaban J connectivity index is 3.13. The van der Waals surface area contributed by atoms with Gasteiger partial charge < -0.3 is 5.73 Å². The van der Waals surface area contributed by atoms with Crippen LogP contribution in [-0.2, 0) is 0 Å². The Morgan fingerprint density at radius 2 is 1.77 bits per heavy atom. The lowest BCUT2D eigenvalue weighted by Gasteiger charge is -2.12. The van der Waals surface area contributed by atoms with Crippen molar-refractivity contribution in [1.82, 2.24) is 0 Å². The largest absolute Gasteiger partial charge is 0.324 e. The molecular weight excluding hydrogens is 226 g/mol. The highest BCUT2D eigenvalue weighted by molar-refractivity contribution is 9.10. The lowest BCUT2D eigenvalue weighted by molar-refractivity contribution is 0.697. The topological polar surface area (TPSA) is 26.0 Å². The van der Waals surface area contributed by atoms with Crippen LogP contribution in [0.15, 0.2) is 16.6 Å². The van der Waals surface area contributed by atoms with Crippen LogP contribution >= 0.6 is 15.9 Å². The highest BCUT2D eigenvalue weighted by atomic mass is 79.9. The summed E-state index contributed by atoms with van der Waals surface area (Å²) in [7, 11) is 0. The third kappa shape index (κ3) is 2.32. The van der Waals surface area contributed by atoms with Gasteiger partial charge in [-0.1, -0.05) is 35.0 Å². The number of rotatable bonds is 2. The first-order valence-corrected chi connectivity index (χ1v) is 5.37. The Hall–Kier alpha value is -0.340. The van der Waals surface area contributed by atoms with Crippen molar-refractivity contribution >= 4 is 15.9 Å². The summed E-state index contributed by atoms with van der Waals surface area (Å²) in [5.41, 5.74) is 9.73. The molecule has 1 nitrogen and oxygen atoms in total. The fourth-order valence-electron chi connectivity index (χ4n) is 1.43. The maximum absolute atomic E-state index is 5.97. The molecule has 2 heteroatoms. The second kappa shape index (κ2) is 4.25. The third-order valence-corrected chi connectivity index (χ3v) is 3.58. The fraction of sp³-hybridized carbons (Fsp3) is 0.455. The van der Waals surface area contributed by atoms with Gasteiger partial charge in [0, 0.05) is 10.5 Å². The lowest BCUT2D eigenvalue weighted by Crippen LogP contribution is -2.09. The smallest absolute Gasteiger partial charge is 0.0292 e. The first-order valence-electron chi connectivity index (χ1n) is 4.58. The normalized spacial score (nSPS) is 13.0. The standard InChI is InChI=1S/C11H16BrN/c1-4-10(13)9-5-7(2)11(12)8(3)6-9/h5-6,10H,4,13H2,1-3H3/t10-/m0/s1. The summed E-state index contributed by atoms with van der Waals surface area (Å²) < 4.78 is 1.19. The van der Waals surface area contributed by atoms with Gasteiger partial charge in [0.1, 0.15) is 0 Å². The molecule has 0 aliphatic carbocycles. The minimum absolute atomic E-state index is 0.172. The van der Waals surface area contributed by atoms with Crippen molar-refractivity contribution in [2.75, 3.05) is 0 Å². The monoisotopic (exact) mass is 241 g/mol. The van der Waals surface area contributed by atoms with Gasteiger partial charge in [0.15, 0.2) is 0 Å². The molecular formula is C11H16BrN. The van der Waals surface area contributed by atoms with Crippen LogP contribution in [0.4, 0.5) is 0 Å². The number of benzene rings is 1. The number of hydrogen-bond donors (Lipinski definition) is 1. The zero-order valence-electron chi connectivity index (χ0n) is 8.39. The van der Waals surface area contributed by atoms with Crippen molar-refractivity contribution in [2.45, 2.75) is 33.2 Å². The Morgan fingerprint density at radius 1 is 1.31 bits per heavy atom. The predicted molar refractivity (Wildman–Crippen MR) is 60.8 cm³/mol. The first-order chi connectivity index (χ1) is 6.06. The van der Waals surface area contributed by atoms with E-state index in [1.54, 1.807) is 0 Å². The Kier molecular flexibility index (Phi) is 3.51. The first kappa shape index (κ1) is 10.7. The average Bonchev–Trinajstić information content (AvgIpc) is 2.12. The molecule has 0 fully saturated rings. The van der Waals surface area contributed by atoms with Gasteiger partial charge >= 0.3 is 0 Å². The van der Waals surface area contributed by atoms with Crippen molar-refractivity contribution in [3.05, 3.63) is 33.3 Å². The van der Waals surface area contributed by atoms with Crippen LogP contribution in [-0.4, -0.2) is 0 Å². The molecule has 0 heterocycles.